The minimum Gasteiger partial charge on any atom is -0.748 e. The number of methoxy groups -OCH3 is 1. The van der Waals surface area contributed by atoms with Crippen LogP contribution in [0.2, 0.25) is 30.7 Å². The van der Waals surface area contributed by atoms with Crippen molar-refractivity contribution < 1.29 is 54.8 Å². The van der Waals surface area contributed by atoms with Gasteiger partial charge in [0.1, 0.15) is 18.9 Å². The molecule has 1 amide bonds. The van der Waals surface area contributed by atoms with Crippen LogP contribution in [0.1, 0.15) is 93.7 Å². The lowest BCUT2D eigenvalue weighted by Crippen LogP contribution is -2.68. The van der Waals surface area contributed by atoms with Gasteiger partial charge in [0.25, 0.3) is 8.32 Å². The van der Waals surface area contributed by atoms with E-state index in [0.29, 0.717) is 95.1 Å². The van der Waals surface area contributed by atoms with Gasteiger partial charge in [-0.2, -0.15) is 4.99 Å². The molecule has 0 saturated heterocycles. The first-order valence-corrected chi connectivity index (χ1v) is 39.5. The second kappa shape index (κ2) is 31.3. The fourth-order valence-electron chi connectivity index (χ4n) is 10.4. The molecule has 1 atom stereocenters. The molecule has 7 aromatic rings. The smallest absolute Gasteiger partial charge is 0.410 e. The van der Waals surface area contributed by atoms with Crippen molar-refractivity contribution in [2.24, 2.45) is 4.99 Å². The van der Waals surface area contributed by atoms with E-state index in [1.54, 1.807) is 45.2 Å². The molecular weight excluding hydrogens is 1250 g/mol. The zero-order valence-electron chi connectivity index (χ0n) is 55.1. The lowest BCUT2D eigenvalue weighted by molar-refractivity contribution is -0.893. The normalized spacial score (nSPS) is 13.0. The molecule has 0 fully saturated rings. The highest BCUT2D eigenvalue weighted by Gasteiger charge is 2.52. The Kier molecular flexibility index (Phi) is 24.7. The third kappa shape index (κ3) is 20.7. The monoisotopic (exact) mass is 1340 g/mol. The molecule has 0 aliphatic carbocycles. The Labute approximate surface area is 546 Å². The second-order valence-corrected chi connectivity index (χ2v) is 40.1. The lowest BCUT2D eigenvalue weighted by atomic mass is 10.1. The first kappa shape index (κ1) is 71.8. The average Bonchev–Trinajstić information content (AvgIpc) is 1.58. The molecule has 0 aliphatic heterocycles. The summed E-state index contributed by atoms with van der Waals surface area (Å²) in [5.41, 5.74) is 1.63. The third-order valence-corrected chi connectivity index (χ3v) is 24.8. The van der Waals surface area contributed by atoms with E-state index in [9.17, 15) is 22.6 Å². The molecule has 7 rings (SSSR count). The van der Waals surface area contributed by atoms with Crippen LogP contribution < -0.4 is 24.8 Å². The molecule has 0 N–H and O–H groups in total. The fourth-order valence-corrected chi connectivity index (χ4v) is 18.5. The van der Waals surface area contributed by atoms with E-state index in [1.165, 1.54) is 35.5 Å². The van der Waals surface area contributed by atoms with E-state index in [4.69, 9.17) is 43.5 Å². The Hall–Kier alpha value is -6.67. The first-order valence-electron chi connectivity index (χ1n) is 30.7. The van der Waals surface area contributed by atoms with Crippen LogP contribution in [0, 0.1) is 24.6 Å². The number of thiazole rings is 2. The minimum atomic E-state index is -4.43. The van der Waals surface area contributed by atoms with Crippen molar-refractivity contribution in [1.82, 2.24) is 24.6 Å². The Bertz CT molecular complexity index is 3800. The number of aryl methyl sites for hydroxylation is 2. The number of rotatable bonds is 29. The minimum absolute atomic E-state index is 0.0349. The van der Waals surface area contributed by atoms with Crippen LogP contribution in [0.15, 0.2) is 114 Å². The second-order valence-electron chi connectivity index (χ2n) is 26.6. The van der Waals surface area contributed by atoms with Crippen molar-refractivity contribution in [2.75, 3.05) is 78.3 Å². The number of carbonyl (C=O) groups excluding carboxylic acids is 2. The summed E-state index contributed by atoms with van der Waals surface area (Å²) < 4.78 is 85.4. The van der Waals surface area contributed by atoms with E-state index >= 15 is 4.39 Å². The number of halogens is 1. The van der Waals surface area contributed by atoms with Gasteiger partial charge in [-0.25, -0.2) is 27.4 Å². The fraction of sp³-hybridized carbons (Fsp3) is 0.463. The number of ether oxygens (including phenoxy) is 4. The molecule has 1 unspecified atom stereocenters. The number of hydrogen-bond acceptors (Lipinski definition) is 17. The highest BCUT2D eigenvalue weighted by molar-refractivity contribution is 7.85. The number of fused-ring (bicyclic) bond motifs is 1. The SMILES string of the molecule is COC(=O)c1nc(N(CCCC(C[N+](C)(C)CCCS(=O)(=O)[O-])O[Si](c2ccccc2)(c2ccccc2)C(C)(C)C)c2cc(C)c(/N=c3\sc4ccccc4n3COCC[Si](C)(C)C)nn2)sc1CCCOc1ccc(C#CCN(C)C(=O)OC(C)(C)C)cc1F. The molecule has 0 spiro atoms. The van der Waals surface area contributed by atoms with Gasteiger partial charge in [-0.3, -0.25) is 4.57 Å². The Morgan fingerprint density at radius 1 is 0.879 bits per heavy atom. The van der Waals surface area contributed by atoms with Crippen molar-refractivity contribution in [3.05, 3.63) is 142 Å². The van der Waals surface area contributed by atoms with Gasteiger partial charge in [-0.05, 0) is 117 Å². The van der Waals surface area contributed by atoms with E-state index in [2.05, 4.69) is 93.2 Å². The number of esters is 1. The van der Waals surface area contributed by atoms with Crippen molar-refractivity contribution in [3.63, 3.8) is 0 Å². The predicted octanol–water partition coefficient (Wildman–Crippen LogP) is 11.8. The van der Waals surface area contributed by atoms with Crippen LogP contribution in [0.25, 0.3) is 10.2 Å². The van der Waals surface area contributed by atoms with Gasteiger partial charge in [0.05, 0.1) is 67.3 Å². The number of amides is 1. The summed E-state index contributed by atoms with van der Waals surface area (Å²) in [7, 11) is -1.97. The van der Waals surface area contributed by atoms with Gasteiger partial charge in [0.2, 0.25) is 0 Å². The number of carbonyl (C=O) groups is 2. The maximum atomic E-state index is 15.5. The number of hydrogen-bond donors (Lipinski definition) is 0. The Balaban J connectivity index is 1.22. The predicted molar refractivity (Wildman–Crippen MR) is 365 cm³/mol. The van der Waals surface area contributed by atoms with Crippen LogP contribution in [-0.2, 0) is 41.9 Å². The molecule has 3 aromatic heterocycles. The van der Waals surface area contributed by atoms with Gasteiger partial charge >= 0.3 is 12.1 Å². The lowest BCUT2D eigenvalue weighted by Gasteiger charge is -2.46. The summed E-state index contributed by atoms with van der Waals surface area (Å²) >= 11 is 2.86. The van der Waals surface area contributed by atoms with Crippen molar-refractivity contribution in [1.29, 1.82) is 0 Å². The highest BCUT2D eigenvalue weighted by atomic mass is 32.2. The van der Waals surface area contributed by atoms with Crippen molar-refractivity contribution in [2.45, 2.75) is 130 Å². The van der Waals surface area contributed by atoms with Gasteiger partial charge in [0.15, 0.2) is 38.8 Å². The molecule has 91 heavy (non-hydrogen) atoms. The van der Waals surface area contributed by atoms with Crippen LogP contribution in [0.5, 0.6) is 5.75 Å². The zero-order valence-corrected chi connectivity index (χ0v) is 59.6. The van der Waals surface area contributed by atoms with Crippen LogP contribution in [0.3, 0.4) is 0 Å². The van der Waals surface area contributed by atoms with Crippen LogP contribution in [0.4, 0.5) is 26.0 Å². The molecule has 18 nitrogen and oxygen atoms in total. The quantitative estimate of drug-likeness (QED) is 0.0107. The summed E-state index contributed by atoms with van der Waals surface area (Å²) in [6.45, 7) is 23.4. The molecule has 0 saturated carbocycles. The largest absolute Gasteiger partial charge is 0.748 e. The summed E-state index contributed by atoms with van der Waals surface area (Å²) in [5.74, 6) is 5.02. The molecule has 0 bridgehead atoms. The topological polar surface area (TPSA) is 200 Å². The summed E-state index contributed by atoms with van der Waals surface area (Å²) in [4.78, 5) is 40.8. The zero-order chi connectivity index (χ0) is 66.4. The molecule has 3 heterocycles. The van der Waals surface area contributed by atoms with E-state index < -0.39 is 61.8 Å². The molecule has 24 heteroatoms. The van der Waals surface area contributed by atoms with Gasteiger partial charge in [-0.1, -0.05) is 136 Å². The van der Waals surface area contributed by atoms with Gasteiger partial charge in [-0.15, -0.1) is 21.5 Å². The first-order chi connectivity index (χ1) is 42.8. The number of nitrogens with zero attached hydrogens (tertiary/aromatic N) is 8. The van der Waals surface area contributed by atoms with E-state index in [0.717, 1.165) is 32.2 Å². The molecule has 0 radical (unpaired) electrons. The van der Waals surface area contributed by atoms with Crippen LogP contribution >= 0.6 is 22.7 Å². The maximum Gasteiger partial charge on any atom is 0.410 e. The summed E-state index contributed by atoms with van der Waals surface area (Å²) in [6, 6.07) is 36.3. The Morgan fingerprint density at radius 3 is 2.16 bits per heavy atom. The number of para-hydroxylation sites is 1. The molecule has 490 valence electrons. The van der Waals surface area contributed by atoms with E-state index in [1.807, 2.05) is 80.5 Å². The van der Waals surface area contributed by atoms with Crippen molar-refractivity contribution >= 4 is 98.6 Å². The third-order valence-electron chi connectivity index (χ3n) is 15.0. The van der Waals surface area contributed by atoms with Gasteiger partial charge < -0.3 is 42.2 Å². The summed E-state index contributed by atoms with van der Waals surface area (Å²) in [5, 5.41) is 12.0. The van der Waals surface area contributed by atoms with E-state index in [-0.39, 0.29) is 36.1 Å². The highest BCUT2D eigenvalue weighted by Crippen LogP contribution is 2.39. The number of quaternary nitrogens is 1. The van der Waals surface area contributed by atoms with Crippen molar-refractivity contribution in [3.8, 4) is 17.6 Å². The van der Waals surface area contributed by atoms with Gasteiger partial charge in [0, 0.05) is 50.9 Å². The number of likely N-dealkylation sites (N-methyl/N-ethyl adjacent to an activating group) is 1. The molecule has 4 aromatic carbocycles. The number of benzene rings is 4. The molecule has 0 aliphatic rings. The average molecular weight is 1340 g/mol. The number of aromatic nitrogens is 4. The summed E-state index contributed by atoms with van der Waals surface area (Å²) in [6.07, 6.45) is 1.06. The number of anilines is 2. The Morgan fingerprint density at radius 2 is 1.55 bits per heavy atom. The maximum absolute atomic E-state index is 15.5. The van der Waals surface area contributed by atoms with Crippen LogP contribution in [-0.4, -0.2) is 156 Å². The molecular formula is C67H89FN8O10S3Si2. The standard InChI is InChI=1S/C67H89FN8O10S3Si2/c1-49-45-59(71-72-61(49)70-64-75(48-83-42-44-90(12,13)14)55-33-21-22-34-57(55)87-64)74(63-69-60(62(77)82-11)58(88-63)35-25-41-84-56-37-36-50(46-54(56)68)27-23-38-73(8)65(78)85-66(2,3)4)39-24-28-51(47-76(9,10)40-26-43-89(79,80)81)86-91(67(5,6)7,52-29-17-15-18-30-52)53-31-19-16-20-32-53/h15-22,29-34,36-37,45-46,51H,24-26,28,35,38-44,47-48H2,1-14H3/b70-64-.